The number of imidazole rings is 1. The predicted molar refractivity (Wildman–Crippen MR) is 79.0 cm³/mol. The highest BCUT2D eigenvalue weighted by molar-refractivity contribution is 9.10. The first-order valence-corrected chi connectivity index (χ1v) is 6.97. The van der Waals surface area contributed by atoms with Crippen LogP contribution in [0.5, 0.6) is 0 Å². The van der Waals surface area contributed by atoms with Gasteiger partial charge in [0, 0.05) is 10.0 Å². The summed E-state index contributed by atoms with van der Waals surface area (Å²) in [6.07, 6.45) is -4.36. The van der Waals surface area contributed by atoms with E-state index in [1.165, 1.54) is 6.07 Å². The molecule has 2 aromatic carbocycles. The van der Waals surface area contributed by atoms with Crippen molar-refractivity contribution in [3.8, 4) is 11.4 Å². The third-order valence-corrected chi connectivity index (χ3v) is 3.88. The van der Waals surface area contributed by atoms with Gasteiger partial charge in [-0.15, -0.1) is 0 Å². The molecule has 0 amide bonds. The van der Waals surface area contributed by atoms with Gasteiger partial charge in [0.25, 0.3) is 0 Å². The van der Waals surface area contributed by atoms with Gasteiger partial charge in [0.2, 0.25) is 0 Å². The van der Waals surface area contributed by atoms with Gasteiger partial charge < -0.3 is 4.98 Å². The third-order valence-electron chi connectivity index (χ3n) is 3.19. The van der Waals surface area contributed by atoms with Gasteiger partial charge >= 0.3 is 6.18 Å². The van der Waals surface area contributed by atoms with E-state index >= 15 is 0 Å². The Kier molecular flexibility index (Phi) is 3.28. The summed E-state index contributed by atoms with van der Waals surface area (Å²) in [5, 5.41) is 0. The fraction of sp³-hybridized carbons (Fsp3) is 0.133. The highest BCUT2D eigenvalue weighted by Crippen LogP contribution is 2.33. The topological polar surface area (TPSA) is 28.7 Å². The van der Waals surface area contributed by atoms with Crippen molar-refractivity contribution in [3.05, 3.63) is 52.0 Å². The molecule has 0 aliphatic rings. The maximum atomic E-state index is 12.7. The number of halogens is 4. The molecule has 1 aromatic heterocycles. The van der Waals surface area contributed by atoms with Crippen LogP contribution in [0.1, 0.15) is 11.1 Å². The molecule has 0 fully saturated rings. The van der Waals surface area contributed by atoms with Crippen LogP contribution in [0.4, 0.5) is 13.2 Å². The lowest BCUT2D eigenvalue weighted by Crippen LogP contribution is -2.04. The standard InChI is InChI=1S/C15H10BrF3N2/c1-8-2-4-11(16)10(6-8)14-20-12-5-3-9(15(17,18)19)7-13(12)21-14/h2-7H,1H3,(H,20,21). The summed E-state index contributed by atoms with van der Waals surface area (Å²) >= 11 is 3.43. The van der Waals surface area contributed by atoms with Crippen molar-refractivity contribution in [1.29, 1.82) is 0 Å². The Bertz CT molecular complexity index is 821. The van der Waals surface area contributed by atoms with Crippen LogP contribution >= 0.6 is 15.9 Å². The molecule has 0 unspecified atom stereocenters. The van der Waals surface area contributed by atoms with E-state index in [4.69, 9.17) is 0 Å². The van der Waals surface area contributed by atoms with Crippen LogP contribution in [0.15, 0.2) is 40.9 Å². The molecule has 0 aliphatic carbocycles. The number of benzene rings is 2. The smallest absolute Gasteiger partial charge is 0.338 e. The Balaban J connectivity index is 2.15. The maximum absolute atomic E-state index is 12.7. The molecule has 2 nitrogen and oxygen atoms in total. The summed E-state index contributed by atoms with van der Waals surface area (Å²) in [5.74, 6) is 0.542. The lowest BCUT2D eigenvalue weighted by Gasteiger charge is -2.05. The van der Waals surface area contributed by atoms with Crippen molar-refractivity contribution in [3.63, 3.8) is 0 Å². The zero-order valence-electron chi connectivity index (χ0n) is 10.9. The van der Waals surface area contributed by atoms with E-state index in [-0.39, 0.29) is 0 Å². The number of fused-ring (bicyclic) bond motifs is 1. The normalized spacial score (nSPS) is 12.0. The minimum Gasteiger partial charge on any atom is -0.338 e. The number of H-pyrrole nitrogens is 1. The molecular weight excluding hydrogens is 345 g/mol. The van der Waals surface area contributed by atoms with Crippen LogP contribution < -0.4 is 0 Å². The molecule has 0 spiro atoms. The summed E-state index contributed by atoms with van der Waals surface area (Å²) in [4.78, 5) is 7.31. The van der Waals surface area contributed by atoms with E-state index in [0.717, 1.165) is 27.7 Å². The average Bonchev–Trinajstić information content (AvgIpc) is 2.83. The van der Waals surface area contributed by atoms with Gasteiger partial charge in [-0.25, -0.2) is 4.98 Å². The van der Waals surface area contributed by atoms with E-state index < -0.39 is 11.7 Å². The molecule has 21 heavy (non-hydrogen) atoms. The molecule has 0 radical (unpaired) electrons. The Morgan fingerprint density at radius 3 is 2.57 bits per heavy atom. The second kappa shape index (κ2) is 4.87. The van der Waals surface area contributed by atoms with Crippen LogP contribution in [0.25, 0.3) is 22.4 Å². The summed E-state index contributed by atoms with van der Waals surface area (Å²) in [6.45, 7) is 1.94. The van der Waals surface area contributed by atoms with Gasteiger partial charge in [-0.05, 0) is 37.3 Å². The van der Waals surface area contributed by atoms with Crippen molar-refractivity contribution in [2.75, 3.05) is 0 Å². The molecular formula is C15H10BrF3N2. The molecule has 0 saturated heterocycles. The minimum atomic E-state index is -4.36. The number of aromatic amines is 1. The number of nitrogens with zero attached hydrogens (tertiary/aromatic N) is 1. The summed E-state index contributed by atoms with van der Waals surface area (Å²) in [5.41, 5.74) is 2.05. The Morgan fingerprint density at radius 2 is 1.86 bits per heavy atom. The highest BCUT2D eigenvalue weighted by atomic mass is 79.9. The second-order valence-electron chi connectivity index (χ2n) is 4.80. The van der Waals surface area contributed by atoms with E-state index in [1.807, 2.05) is 25.1 Å². The molecule has 3 rings (SSSR count). The third kappa shape index (κ3) is 2.68. The van der Waals surface area contributed by atoms with Crippen molar-refractivity contribution in [2.24, 2.45) is 0 Å². The Hall–Kier alpha value is -1.82. The zero-order valence-corrected chi connectivity index (χ0v) is 12.5. The largest absolute Gasteiger partial charge is 0.416 e. The van der Waals surface area contributed by atoms with Gasteiger partial charge in [0.15, 0.2) is 0 Å². The number of nitrogens with one attached hydrogen (secondary N) is 1. The first-order valence-electron chi connectivity index (χ1n) is 6.18. The molecule has 1 heterocycles. The zero-order chi connectivity index (χ0) is 15.2. The van der Waals surface area contributed by atoms with Crippen LogP contribution in [-0.4, -0.2) is 9.97 Å². The lowest BCUT2D eigenvalue weighted by atomic mass is 10.1. The number of hydrogen-bond acceptors (Lipinski definition) is 1. The maximum Gasteiger partial charge on any atom is 0.416 e. The van der Waals surface area contributed by atoms with Gasteiger partial charge in [-0.1, -0.05) is 27.6 Å². The number of aromatic nitrogens is 2. The highest BCUT2D eigenvalue weighted by Gasteiger charge is 2.30. The average molecular weight is 355 g/mol. The van der Waals surface area contributed by atoms with E-state index in [9.17, 15) is 13.2 Å². The number of alkyl halides is 3. The predicted octanol–water partition coefficient (Wildman–Crippen LogP) is 5.32. The van der Waals surface area contributed by atoms with Gasteiger partial charge in [0.05, 0.1) is 16.6 Å². The van der Waals surface area contributed by atoms with Crippen LogP contribution in [0.3, 0.4) is 0 Å². The van der Waals surface area contributed by atoms with Gasteiger partial charge in [-0.2, -0.15) is 13.2 Å². The molecule has 0 atom stereocenters. The number of hydrogen-bond donors (Lipinski definition) is 1. The number of rotatable bonds is 1. The van der Waals surface area contributed by atoms with Crippen molar-refractivity contribution in [1.82, 2.24) is 9.97 Å². The van der Waals surface area contributed by atoms with E-state index in [1.54, 1.807) is 0 Å². The van der Waals surface area contributed by atoms with Crippen molar-refractivity contribution < 1.29 is 13.2 Å². The number of aryl methyl sites for hydroxylation is 1. The molecule has 0 aliphatic heterocycles. The first kappa shape index (κ1) is 14.1. The fourth-order valence-electron chi connectivity index (χ4n) is 2.13. The molecule has 108 valence electrons. The van der Waals surface area contributed by atoms with Crippen LogP contribution in [0.2, 0.25) is 0 Å². The Morgan fingerprint density at radius 1 is 1.10 bits per heavy atom. The van der Waals surface area contributed by atoms with E-state index in [0.29, 0.717) is 16.9 Å². The molecule has 3 aromatic rings. The molecule has 6 heteroatoms. The summed E-state index contributed by atoms with van der Waals surface area (Å²) < 4.78 is 39.0. The summed E-state index contributed by atoms with van der Waals surface area (Å²) in [7, 11) is 0. The minimum absolute atomic E-state index is 0.369. The molecule has 1 N–H and O–H groups in total. The van der Waals surface area contributed by atoms with Crippen LogP contribution in [0, 0.1) is 6.92 Å². The fourth-order valence-corrected chi connectivity index (χ4v) is 2.57. The quantitative estimate of drug-likeness (QED) is 0.629. The van der Waals surface area contributed by atoms with Crippen LogP contribution in [-0.2, 0) is 6.18 Å². The van der Waals surface area contributed by atoms with Gasteiger partial charge in [-0.3, -0.25) is 0 Å². The lowest BCUT2D eigenvalue weighted by molar-refractivity contribution is -0.137. The Labute approximate surface area is 127 Å². The second-order valence-corrected chi connectivity index (χ2v) is 5.65. The van der Waals surface area contributed by atoms with E-state index in [2.05, 4.69) is 25.9 Å². The first-order chi connectivity index (χ1) is 9.84. The summed E-state index contributed by atoms with van der Waals surface area (Å²) in [6, 6.07) is 9.25. The molecule has 0 saturated carbocycles. The van der Waals surface area contributed by atoms with Crippen molar-refractivity contribution >= 4 is 27.0 Å². The SMILES string of the molecule is Cc1ccc(Br)c(-c2nc3ccc(C(F)(F)F)cc3[nH]2)c1. The van der Waals surface area contributed by atoms with Gasteiger partial charge in [0.1, 0.15) is 5.82 Å². The monoisotopic (exact) mass is 354 g/mol. The van der Waals surface area contributed by atoms with Crippen molar-refractivity contribution in [2.45, 2.75) is 13.1 Å². The molecule has 0 bridgehead atoms.